The summed E-state index contributed by atoms with van der Waals surface area (Å²) in [5.41, 5.74) is 1.73. The number of nitrogens with one attached hydrogen (secondary N) is 2. The van der Waals surface area contributed by atoms with Crippen LogP contribution in [0.25, 0.3) is 0 Å². The molecule has 0 unspecified atom stereocenters. The molecule has 146 valence electrons. The van der Waals surface area contributed by atoms with Crippen molar-refractivity contribution in [2.45, 2.75) is 12.9 Å². The average molecular weight is 398 g/mol. The first kappa shape index (κ1) is 21.0. The highest BCUT2D eigenvalue weighted by Gasteiger charge is 2.30. The van der Waals surface area contributed by atoms with Crippen LogP contribution in [0.4, 0.5) is 18.9 Å². The SMILES string of the molecule is C[NH+](C)CCN(Cc1ccccc1)C(=S)Nc1ccc(OC(F)(F)F)cc1. The highest BCUT2D eigenvalue weighted by molar-refractivity contribution is 7.80. The van der Waals surface area contributed by atoms with E-state index in [0.29, 0.717) is 17.3 Å². The van der Waals surface area contributed by atoms with Gasteiger partial charge in [-0.05, 0) is 42.0 Å². The molecule has 2 N–H and O–H groups in total. The number of hydrogen-bond acceptors (Lipinski definition) is 2. The van der Waals surface area contributed by atoms with Crippen LogP contribution in [0.3, 0.4) is 0 Å². The van der Waals surface area contributed by atoms with E-state index in [-0.39, 0.29) is 5.75 Å². The number of alkyl halides is 3. The van der Waals surface area contributed by atoms with E-state index in [9.17, 15) is 13.2 Å². The van der Waals surface area contributed by atoms with Crippen molar-refractivity contribution in [2.24, 2.45) is 0 Å². The fourth-order valence-electron chi connectivity index (χ4n) is 2.36. The van der Waals surface area contributed by atoms with Crippen LogP contribution in [-0.2, 0) is 6.54 Å². The zero-order valence-corrected chi connectivity index (χ0v) is 16.0. The van der Waals surface area contributed by atoms with Gasteiger partial charge in [-0.3, -0.25) is 0 Å². The predicted molar refractivity (Wildman–Crippen MR) is 104 cm³/mol. The summed E-state index contributed by atoms with van der Waals surface area (Å²) in [4.78, 5) is 3.34. The monoisotopic (exact) mass is 398 g/mol. The fourth-order valence-corrected chi connectivity index (χ4v) is 2.63. The van der Waals surface area contributed by atoms with E-state index in [2.05, 4.69) is 24.1 Å². The van der Waals surface area contributed by atoms with Gasteiger partial charge in [0.15, 0.2) is 5.11 Å². The number of quaternary nitrogens is 1. The Morgan fingerprint density at radius 1 is 1.07 bits per heavy atom. The number of likely N-dealkylation sites (N-methyl/N-ethyl adjacent to an activating group) is 1. The minimum Gasteiger partial charge on any atom is -0.406 e. The van der Waals surface area contributed by atoms with E-state index in [1.807, 2.05) is 35.2 Å². The number of thiocarbonyl (C=S) groups is 1. The number of hydrogen-bond donors (Lipinski definition) is 2. The smallest absolute Gasteiger partial charge is 0.406 e. The highest BCUT2D eigenvalue weighted by atomic mass is 32.1. The lowest BCUT2D eigenvalue weighted by Crippen LogP contribution is -3.06. The predicted octanol–water partition coefficient (Wildman–Crippen LogP) is 2.93. The summed E-state index contributed by atoms with van der Waals surface area (Å²) in [6.45, 7) is 2.29. The standard InChI is InChI=1S/C19H22F3N3OS/c1-24(2)12-13-25(14-15-6-4-3-5-7-15)18(27)23-16-8-10-17(11-9-16)26-19(20,21)22/h3-11H,12-14H2,1-2H3,(H,23,27)/p+1. The van der Waals surface area contributed by atoms with E-state index in [4.69, 9.17) is 12.2 Å². The van der Waals surface area contributed by atoms with Crippen molar-refractivity contribution in [1.82, 2.24) is 4.90 Å². The average Bonchev–Trinajstić information content (AvgIpc) is 2.59. The molecule has 0 saturated carbocycles. The Labute approximate surface area is 162 Å². The Morgan fingerprint density at radius 2 is 1.70 bits per heavy atom. The molecule has 2 aromatic rings. The van der Waals surface area contributed by atoms with Crippen molar-refractivity contribution >= 4 is 23.0 Å². The van der Waals surface area contributed by atoms with Gasteiger partial charge in [0.05, 0.1) is 27.2 Å². The molecule has 0 atom stereocenters. The fraction of sp³-hybridized carbons (Fsp3) is 0.316. The molecule has 0 saturated heterocycles. The van der Waals surface area contributed by atoms with E-state index in [1.165, 1.54) is 29.2 Å². The summed E-state index contributed by atoms with van der Waals surface area (Å²) in [5.74, 6) is -0.267. The molecule has 0 bridgehead atoms. The van der Waals surface area contributed by atoms with Crippen molar-refractivity contribution < 1.29 is 22.8 Å². The number of halogens is 3. The van der Waals surface area contributed by atoms with Crippen LogP contribution < -0.4 is 15.0 Å². The molecule has 0 heterocycles. The van der Waals surface area contributed by atoms with Gasteiger partial charge in [-0.1, -0.05) is 30.3 Å². The molecule has 0 aliphatic heterocycles. The van der Waals surface area contributed by atoms with Gasteiger partial charge >= 0.3 is 6.36 Å². The van der Waals surface area contributed by atoms with Crippen molar-refractivity contribution in [1.29, 1.82) is 0 Å². The Hall–Kier alpha value is -2.32. The van der Waals surface area contributed by atoms with Gasteiger partial charge in [0, 0.05) is 12.2 Å². The molecule has 4 nitrogen and oxygen atoms in total. The van der Waals surface area contributed by atoms with Crippen LogP contribution in [0.15, 0.2) is 54.6 Å². The summed E-state index contributed by atoms with van der Waals surface area (Å²) in [5, 5.41) is 3.61. The third kappa shape index (κ3) is 7.84. The van der Waals surface area contributed by atoms with E-state index < -0.39 is 6.36 Å². The first-order valence-corrected chi connectivity index (χ1v) is 8.88. The molecular weight excluding hydrogens is 375 g/mol. The van der Waals surface area contributed by atoms with E-state index in [0.717, 1.165) is 18.7 Å². The molecule has 0 fully saturated rings. The lowest BCUT2D eigenvalue weighted by atomic mass is 10.2. The maximum atomic E-state index is 12.2. The highest BCUT2D eigenvalue weighted by Crippen LogP contribution is 2.24. The minimum absolute atomic E-state index is 0.267. The first-order chi connectivity index (χ1) is 12.7. The zero-order valence-electron chi connectivity index (χ0n) is 15.2. The van der Waals surface area contributed by atoms with Crippen LogP contribution in [0.1, 0.15) is 5.56 Å². The summed E-state index contributed by atoms with van der Waals surface area (Å²) in [6, 6.07) is 15.5. The Bertz CT molecular complexity index is 721. The quantitative estimate of drug-likeness (QED) is 0.702. The lowest BCUT2D eigenvalue weighted by molar-refractivity contribution is -0.857. The van der Waals surface area contributed by atoms with Crippen molar-refractivity contribution in [3.8, 4) is 5.75 Å². The number of rotatable bonds is 7. The van der Waals surface area contributed by atoms with Crippen LogP contribution in [-0.4, -0.2) is 43.6 Å². The van der Waals surface area contributed by atoms with Crippen LogP contribution >= 0.6 is 12.2 Å². The topological polar surface area (TPSA) is 28.9 Å². The van der Waals surface area contributed by atoms with Gasteiger partial charge in [-0.25, -0.2) is 0 Å². The molecule has 0 spiro atoms. The number of nitrogens with zero attached hydrogens (tertiary/aromatic N) is 1. The number of ether oxygens (including phenoxy) is 1. The molecule has 0 aliphatic rings. The summed E-state index contributed by atoms with van der Waals surface area (Å²) >= 11 is 5.52. The lowest BCUT2D eigenvalue weighted by Gasteiger charge is -2.26. The van der Waals surface area contributed by atoms with Gasteiger partial charge in [0.2, 0.25) is 0 Å². The van der Waals surface area contributed by atoms with Crippen molar-refractivity contribution in [3.05, 3.63) is 60.2 Å². The van der Waals surface area contributed by atoms with Crippen LogP contribution in [0.5, 0.6) is 5.75 Å². The van der Waals surface area contributed by atoms with Crippen molar-refractivity contribution in [3.63, 3.8) is 0 Å². The van der Waals surface area contributed by atoms with Crippen LogP contribution in [0.2, 0.25) is 0 Å². The normalized spacial score (nSPS) is 11.3. The van der Waals surface area contributed by atoms with E-state index >= 15 is 0 Å². The molecule has 2 aromatic carbocycles. The Balaban J connectivity index is 2.03. The molecule has 0 aliphatic carbocycles. The molecule has 0 radical (unpaired) electrons. The third-order valence-electron chi connectivity index (χ3n) is 3.72. The van der Waals surface area contributed by atoms with E-state index in [1.54, 1.807) is 0 Å². The van der Waals surface area contributed by atoms with Gasteiger partial charge in [-0.15, -0.1) is 13.2 Å². The van der Waals surface area contributed by atoms with Gasteiger partial charge < -0.3 is 19.9 Å². The molecular formula is C19H23F3N3OS+. The maximum absolute atomic E-state index is 12.2. The second-order valence-electron chi connectivity index (χ2n) is 6.37. The molecule has 27 heavy (non-hydrogen) atoms. The molecule has 0 amide bonds. The largest absolute Gasteiger partial charge is 0.573 e. The maximum Gasteiger partial charge on any atom is 0.573 e. The minimum atomic E-state index is -4.70. The van der Waals surface area contributed by atoms with Crippen LogP contribution in [0, 0.1) is 0 Å². The van der Waals surface area contributed by atoms with Gasteiger partial charge in [0.1, 0.15) is 5.75 Å². The summed E-state index contributed by atoms with van der Waals surface area (Å²) < 4.78 is 40.6. The number of benzene rings is 2. The Morgan fingerprint density at radius 3 is 2.26 bits per heavy atom. The van der Waals surface area contributed by atoms with Gasteiger partial charge in [0.25, 0.3) is 0 Å². The second kappa shape index (κ2) is 9.57. The Kier molecular flexibility index (Phi) is 7.44. The van der Waals surface area contributed by atoms with Crippen molar-refractivity contribution in [2.75, 3.05) is 32.5 Å². The second-order valence-corrected chi connectivity index (χ2v) is 6.75. The molecule has 0 aromatic heterocycles. The zero-order chi connectivity index (χ0) is 19.9. The third-order valence-corrected chi connectivity index (χ3v) is 4.08. The molecule has 8 heteroatoms. The molecule has 2 rings (SSSR count). The first-order valence-electron chi connectivity index (χ1n) is 8.47. The summed E-state index contributed by atoms with van der Waals surface area (Å²) in [6.07, 6.45) is -4.70. The van der Waals surface area contributed by atoms with Gasteiger partial charge in [-0.2, -0.15) is 0 Å². The number of anilines is 1. The summed E-state index contributed by atoms with van der Waals surface area (Å²) in [7, 11) is 4.13.